The maximum atomic E-state index is 6.27. The summed E-state index contributed by atoms with van der Waals surface area (Å²) in [5.74, 6) is 1.79. The number of para-hydroxylation sites is 1. The van der Waals surface area contributed by atoms with E-state index in [0.29, 0.717) is 5.88 Å². The molecule has 2 unspecified atom stereocenters. The molecule has 20 heavy (non-hydrogen) atoms. The van der Waals surface area contributed by atoms with E-state index in [0.717, 1.165) is 29.2 Å². The second-order valence-corrected chi connectivity index (χ2v) is 5.88. The largest absolute Gasteiger partial charge is 0.490 e. The van der Waals surface area contributed by atoms with E-state index in [-0.39, 0.29) is 12.0 Å². The molecule has 1 heterocycles. The maximum Gasteiger partial charge on any atom is 0.123 e. The van der Waals surface area contributed by atoms with Crippen LogP contribution in [0.2, 0.25) is 5.02 Å². The first-order valence-corrected chi connectivity index (χ1v) is 7.74. The lowest BCUT2D eigenvalue weighted by molar-refractivity contribution is 0.213. The Morgan fingerprint density at radius 1 is 1.10 bits per heavy atom. The van der Waals surface area contributed by atoms with E-state index in [1.54, 1.807) is 0 Å². The Labute approximate surface area is 129 Å². The van der Waals surface area contributed by atoms with Gasteiger partial charge in [0.1, 0.15) is 11.9 Å². The number of hydrogen-bond donors (Lipinski definition) is 0. The van der Waals surface area contributed by atoms with Gasteiger partial charge in [0.05, 0.1) is 0 Å². The van der Waals surface area contributed by atoms with E-state index in [1.165, 1.54) is 5.56 Å². The molecule has 2 aromatic rings. The second-order valence-electron chi connectivity index (χ2n) is 5.16. The Bertz CT molecular complexity index is 572. The van der Waals surface area contributed by atoms with Gasteiger partial charge in [0.15, 0.2) is 0 Å². The standard InChI is InChI=1S/C17H16Cl2O/c18-11-13(15-6-2-3-7-16(15)19)10-14-9-12-5-1-4-8-17(12)20-14/h1-8,13-14H,9-11H2. The highest BCUT2D eigenvalue weighted by atomic mass is 35.5. The molecule has 2 aromatic carbocycles. The minimum atomic E-state index is 0.187. The van der Waals surface area contributed by atoms with E-state index in [9.17, 15) is 0 Å². The molecule has 0 radical (unpaired) electrons. The van der Waals surface area contributed by atoms with Crippen molar-refractivity contribution in [2.24, 2.45) is 0 Å². The van der Waals surface area contributed by atoms with Crippen LogP contribution in [0.15, 0.2) is 48.5 Å². The van der Waals surface area contributed by atoms with Gasteiger partial charge >= 0.3 is 0 Å². The van der Waals surface area contributed by atoms with Crippen LogP contribution in [-0.2, 0) is 6.42 Å². The van der Waals surface area contributed by atoms with Crippen molar-refractivity contribution in [3.63, 3.8) is 0 Å². The molecule has 0 bridgehead atoms. The van der Waals surface area contributed by atoms with Crippen molar-refractivity contribution in [1.82, 2.24) is 0 Å². The average molecular weight is 307 g/mol. The number of halogens is 2. The fraction of sp³-hybridized carbons (Fsp3) is 0.294. The van der Waals surface area contributed by atoms with E-state index >= 15 is 0 Å². The van der Waals surface area contributed by atoms with Crippen LogP contribution in [0.25, 0.3) is 0 Å². The highest BCUT2D eigenvalue weighted by Gasteiger charge is 2.26. The van der Waals surface area contributed by atoms with Crippen LogP contribution in [0, 0.1) is 0 Å². The number of fused-ring (bicyclic) bond motifs is 1. The van der Waals surface area contributed by atoms with Gasteiger partial charge in [-0.15, -0.1) is 11.6 Å². The van der Waals surface area contributed by atoms with Gasteiger partial charge in [0, 0.05) is 23.2 Å². The van der Waals surface area contributed by atoms with Crippen LogP contribution in [-0.4, -0.2) is 12.0 Å². The molecule has 0 amide bonds. The molecule has 0 aliphatic carbocycles. The molecule has 0 fully saturated rings. The molecule has 0 aromatic heterocycles. The molecule has 0 N–H and O–H groups in total. The molecule has 0 saturated carbocycles. The summed E-state index contributed by atoms with van der Waals surface area (Å²) in [6, 6.07) is 16.1. The number of benzene rings is 2. The van der Waals surface area contributed by atoms with Crippen LogP contribution in [0.3, 0.4) is 0 Å². The first-order valence-electron chi connectivity index (χ1n) is 6.83. The third-order valence-corrected chi connectivity index (χ3v) is 4.51. The molecule has 0 spiro atoms. The number of hydrogen-bond acceptors (Lipinski definition) is 1. The van der Waals surface area contributed by atoms with E-state index < -0.39 is 0 Å². The van der Waals surface area contributed by atoms with Crippen LogP contribution >= 0.6 is 23.2 Å². The highest BCUT2D eigenvalue weighted by Crippen LogP contribution is 2.35. The lowest BCUT2D eigenvalue weighted by Gasteiger charge is -2.19. The highest BCUT2D eigenvalue weighted by molar-refractivity contribution is 6.31. The van der Waals surface area contributed by atoms with Crippen molar-refractivity contribution in [3.05, 3.63) is 64.7 Å². The molecule has 0 saturated heterocycles. The third kappa shape index (κ3) is 2.79. The SMILES string of the molecule is ClCC(CC1Cc2ccccc2O1)c1ccccc1Cl. The van der Waals surface area contributed by atoms with Gasteiger partial charge in [-0.1, -0.05) is 48.0 Å². The smallest absolute Gasteiger partial charge is 0.123 e. The molecular weight excluding hydrogens is 291 g/mol. The quantitative estimate of drug-likeness (QED) is 0.718. The summed E-state index contributed by atoms with van der Waals surface area (Å²) < 4.78 is 6.00. The van der Waals surface area contributed by atoms with Gasteiger partial charge < -0.3 is 4.74 Å². The second kappa shape index (κ2) is 6.07. The predicted octanol–water partition coefficient (Wildman–Crippen LogP) is 5.06. The van der Waals surface area contributed by atoms with Gasteiger partial charge in [0.2, 0.25) is 0 Å². The summed E-state index contributed by atoms with van der Waals surface area (Å²) in [6.45, 7) is 0. The molecular formula is C17H16Cl2O. The maximum absolute atomic E-state index is 6.27. The number of rotatable bonds is 4. The first-order chi connectivity index (χ1) is 9.78. The summed E-state index contributed by atoms with van der Waals surface area (Å²) in [6.07, 6.45) is 2.03. The van der Waals surface area contributed by atoms with Crippen molar-refractivity contribution >= 4 is 23.2 Å². The molecule has 1 aliphatic rings. The van der Waals surface area contributed by atoms with E-state index in [1.807, 2.05) is 30.3 Å². The van der Waals surface area contributed by atoms with E-state index in [4.69, 9.17) is 27.9 Å². The Hall–Kier alpha value is -1.18. The molecule has 3 rings (SSSR count). The van der Waals surface area contributed by atoms with Gasteiger partial charge in [-0.05, 0) is 29.7 Å². The topological polar surface area (TPSA) is 9.23 Å². The van der Waals surface area contributed by atoms with Crippen LogP contribution in [0.1, 0.15) is 23.5 Å². The first kappa shape index (κ1) is 13.8. The summed E-state index contributed by atoms with van der Waals surface area (Å²) in [5, 5.41) is 0.786. The fourth-order valence-electron chi connectivity index (χ4n) is 2.78. The Morgan fingerprint density at radius 2 is 1.85 bits per heavy atom. The number of alkyl halides is 1. The zero-order valence-electron chi connectivity index (χ0n) is 11.1. The van der Waals surface area contributed by atoms with Crippen LogP contribution in [0.4, 0.5) is 0 Å². The van der Waals surface area contributed by atoms with Crippen molar-refractivity contribution in [2.75, 3.05) is 5.88 Å². The molecule has 1 aliphatic heterocycles. The average Bonchev–Trinajstić information content (AvgIpc) is 2.88. The van der Waals surface area contributed by atoms with Crippen LogP contribution in [0.5, 0.6) is 5.75 Å². The minimum Gasteiger partial charge on any atom is -0.490 e. The summed E-state index contributed by atoms with van der Waals surface area (Å²) in [4.78, 5) is 0. The van der Waals surface area contributed by atoms with Crippen molar-refractivity contribution in [1.29, 1.82) is 0 Å². The Kier molecular flexibility index (Phi) is 4.18. The third-order valence-electron chi connectivity index (χ3n) is 3.79. The molecule has 104 valence electrons. The molecule has 3 heteroatoms. The van der Waals surface area contributed by atoms with Crippen molar-refractivity contribution < 1.29 is 4.74 Å². The van der Waals surface area contributed by atoms with E-state index in [2.05, 4.69) is 18.2 Å². The fourth-order valence-corrected chi connectivity index (χ4v) is 3.36. The zero-order valence-corrected chi connectivity index (χ0v) is 12.6. The predicted molar refractivity (Wildman–Crippen MR) is 84.1 cm³/mol. The normalized spacial score (nSPS) is 18.4. The van der Waals surface area contributed by atoms with Gasteiger partial charge in [-0.25, -0.2) is 0 Å². The lowest BCUT2D eigenvalue weighted by Crippen LogP contribution is -2.18. The van der Waals surface area contributed by atoms with Gasteiger partial charge in [-0.2, -0.15) is 0 Å². The number of ether oxygens (including phenoxy) is 1. The van der Waals surface area contributed by atoms with Crippen molar-refractivity contribution in [2.45, 2.75) is 24.9 Å². The summed E-state index contributed by atoms with van der Waals surface area (Å²) >= 11 is 12.4. The Balaban J connectivity index is 1.73. The van der Waals surface area contributed by atoms with Crippen LogP contribution < -0.4 is 4.74 Å². The van der Waals surface area contributed by atoms with Gasteiger partial charge in [-0.3, -0.25) is 0 Å². The monoisotopic (exact) mass is 306 g/mol. The minimum absolute atomic E-state index is 0.187. The Morgan fingerprint density at radius 3 is 2.60 bits per heavy atom. The van der Waals surface area contributed by atoms with Gasteiger partial charge in [0.25, 0.3) is 0 Å². The molecule has 1 nitrogen and oxygen atoms in total. The summed E-state index contributed by atoms with van der Waals surface area (Å²) in [7, 11) is 0. The molecule has 2 atom stereocenters. The van der Waals surface area contributed by atoms with Crippen molar-refractivity contribution in [3.8, 4) is 5.75 Å². The lowest BCUT2D eigenvalue weighted by atomic mass is 9.93. The zero-order chi connectivity index (χ0) is 13.9. The summed E-state index contributed by atoms with van der Waals surface area (Å²) in [5.41, 5.74) is 2.40.